The van der Waals surface area contributed by atoms with Gasteiger partial charge in [-0.05, 0) is 33.2 Å². The highest BCUT2D eigenvalue weighted by Gasteiger charge is 2.25. The van der Waals surface area contributed by atoms with E-state index in [0.717, 1.165) is 19.5 Å². The third-order valence-electron chi connectivity index (χ3n) is 4.15. The number of hydrogen-bond acceptors (Lipinski definition) is 4. The van der Waals surface area contributed by atoms with Crippen LogP contribution in [0.2, 0.25) is 0 Å². The normalized spacial score (nSPS) is 25.4. The second kappa shape index (κ2) is 5.27. The van der Waals surface area contributed by atoms with E-state index in [4.69, 9.17) is 4.98 Å². The number of hydrogen-bond donors (Lipinski definition) is 1. The lowest BCUT2D eigenvalue weighted by atomic mass is 10.0. The molecule has 18 heavy (non-hydrogen) atoms. The third kappa shape index (κ3) is 2.46. The molecule has 3 heterocycles. The number of piperidine rings is 1. The summed E-state index contributed by atoms with van der Waals surface area (Å²) < 4.78 is 0. The molecule has 0 radical (unpaired) electrons. The Labute approximate surface area is 114 Å². The predicted octanol–water partition coefficient (Wildman–Crippen LogP) is 2.38. The molecule has 1 unspecified atom stereocenters. The van der Waals surface area contributed by atoms with Crippen LogP contribution in [0.1, 0.15) is 48.2 Å². The van der Waals surface area contributed by atoms with Gasteiger partial charge in [0.15, 0.2) is 0 Å². The zero-order valence-electron chi connectivity index (χ0n) is 11.4. The minimum Gasteiger partial charge on any atom is -0.316 e. The molecule has 1 atom stereocenters. The SMILES string of the molecule is CC(C)N1CCc2nc(C3CCCNC3)sc2C1. The van der Waals surface area contributed by atoms with Crippen LogP contribution in [0.3, 0.4) is 0 Å². The van der Waals surface area contributed by atoms with Crippen LogP contribution >= 0.6 is 11.3 Å². The van der Waals surface area contributed by atoms with E-state index in [1.807, 2.05) is 11.3 Å². The second-order valence-electron chi connectivity index (χ2n) is 5.78. The monoisotopic (exact) mass is 265 g/mol. The van der Waals surface area contributed by atoms with Gasteiger partial charge >= 0.3 is 0 Å². The van der Waals surface area contributed by atoms with E-state index in [9.17, 15) is 0 Å². The first-order chi connectivity index (χ1) is 8.74. The van der Waals surface area contributed by atoms with Gasteiger partial charge in [-0.1, -0.05) is 0 Å². The summed E-state index contributed by atoms with van der Waals surface area (Å²) in [6.45, 7) is 9.18. The molecular formula is C14H23N3S. The minimum atomic E-state index is 0.653. The van der Waals surface area contributed by atoms with Gasteiger partial charge in [0.2, 0.25) is 0 Å². The number of thiazole rings is 1. The first-order valence-electron chi connectivity index (χ1n) is 7.17. The van der Waals surface area contributed by atoms with Gasteiger partial charge in [-0.2, -0.15) is 0 Å². The van der Waals surface area contributed by atoms with Crippen molar-refractivity contribution in [1.82, 2.24) is 15.2 Å². The van der Waals surface area contributed by atoms with Gasteiger partial charge in [-0.15, -0.1) is 11.3 Å². The molecule has 1 aromatic rings. The average Bonchev–Trinajstić information content (AvgIpc) is 2.82. The molecule has 0 amide bonds. The van der Waals surface area contributed by atoms with Gasteiger partial charge in [0.25, 0.3) is 0 Å². The summed E-state index contributed by atoms with van der Waals surface area (Å²) in [5.41, 5.74) is 1.39. The summed E-state index contributed by atoms with van der Waals surface area (Å²) in [6.07, 6.45) is 3.75. The minimum absolute atomic E-state index is 0.653. The maximum atomic E-state index is 4.92. The second-order valence-corrected chi connectivity index (χ2v) is 6.89. The van der Waals surface area contributed by atoms with Crippen LogP contribution in [0.5, 0.6) is 0 Å². The molecule has 0 aliphatic carbocycles. The number of nitrogens with one attached hydrogen (secondary N) is 1. The van der Waals surface area contributed by atoms with Crippen molar-refractivity contribution in [3.05, 3.63) is 15.6 Å². The Hall–Kier alpha value is -0.450. The van der Waals surface area contributed by atoms with Crippen molar-refractivity contribution >= 4 is 11.3 Å². The maximum Gasteiger partial charge on any atom is 0.0975 e. The van der Waals surface area contributed by atoms with E-state index in [0.29, 0.717) is 12.0 Å². The Morgan fingerprint density at radius 3 is 3.06 bits per heavy atom. The van der Waals surface area contributed by atoms with E-state index in [2.05, 4.69) is 24.1 Å². The Bertz CT molecular complexity index is 407. The molecule has 3 rings (SSSR count). The van der Waals surface area contributed by atoms with Crippen LogP contribution in [0.4, 0.5) is 0 Å². The quantitative estimate of drug-likeness (QED) is 0.890. The largest absolute Gasteiger partial charge is 0.316 e. The highest BCUT2D eigenvalue weighted by Crippen LogP contribution is 2.32. The Balaban J connectivity index is 1.76. The van der Waals surface area contributed by atoms with Crippen LogP contribution in [-0.2, 0) is 13.0 Å². The van der Waals surface area contributed by atoms with Gasteiger partial charge < -0.3 is 5.32 Å². The fourth-order valence-corrected chi connectivity index (χ4v) is 4.19. The molecule has 1 aromatic heterocycles. The summed E-state index contributed by atoms with van der Waals surface area (Å²) >= 11 is 1.97. The highest BCUT2D eigenvalue weighted by atomic mass is 32.1. The van der Waals surface area contributed by atoms with Crippen molar-refractivity contribution in [2.45, 2.75) is 51.6 Å². The molecule has 0 saturated carbocycles. The van der Waals surface area contributed by atoms with Gasteiger partial charge in [0, 0.05) is 42.9 Å². The maximum absolute atomic E-state index is 4.92. The summed E-state index contributed by atoms with van der Waals surface area (Å²) in [5, 5.41) is 4.88. The predicted molar refractivity (Wildman–Crippen MR) is 76.2 cm³/mol. The lowest BCUT2D eigenvalue weighted by molar-refractivity contribution is 0.205. The van der Waals surface area contributed by atoms with E-state index < -0.39 is 0 Å². The van der Waals surface area contributed by atoms with Gasteiger partial charge in [0.05, 0.1) is 10.7 Å². The van der Waals surface area contributed by atoms with Crippen LogP contribution in [0, 0.1) is 0 Å². The van der Waals surface area contributed by atoms with Crippen molar-refractivity contribution in [2.24, 2.45) is 0 Å². The van der Waals surface area contributed by atoms with Crippen LogP contribution in [-0.4, -0.2) is 35.6 Å². The van der Waals surface area contributed by atoms with Crippen molar-refractivity contribution in [3.63, 3.8) is 0 Å². The zero-order chi connectivity index (χ0) is 12.5. The summed E-state index contributed by atoms with van der Waals surface area (Å²) in [4.78, 5) is 9.00. The molecule has 3 nitrogen and oxygen atoms in total. The number of fused-ring (bicyclic) bond motifs is 1. The topological polar surface area (TPSA) is 28.2 Å². The van der Waals surface area contributed by atoms with Crippen molar-refractivity contribution < 1.29 is 0 Å². The molecule has 2 aliphatic rings. The van der Waals surface area contributed by atoms with E-state index in [-0.39, 0.29) is 0 Å². The van der Waals surface area contributed by atoms with Crippen LogP contribution in [0.15, 0.2) is 0 Å². The number of nitrogens with zero attached hydrogens (tertiary/aromatic N) is 2. The molecule has 4 heteroatoms. The molecule has 2 aliphatic heterocycles. The fraction of sp³-hybridized carbons (Fsp3) is 0.786. The number of rotatable bonds is 2. The first kappa shape index (κ1) is 12.6. The zero-order valence-corrected chi connectivity index (χ0v) is 12.2. The van der Waals surface area contributed by atoms with E-state index >= 15 is 0 Å². The van der Waals surface area contributed by atoms with E-state index in [1.54, 1.807) is 0 Å². The third-order valence-corrected chi connectivity index (χ3v) is 5.40. The van der Waals surface area contributed by atoms with E-state index in [1.165, 1.54) is 41.5 Å². The van der Waals surface area contributed by atoms with Crippen LogP contribution < -0.4 is 5.32 Å². The lowest BCUT2D eigenvalue weighted by Gasteiger charge is -2.29. The molecule has 1 N–H and O–H groups in total. The summed E-state index contributed by atoms with van der Waals surface area (Å²) in [6, 6.07) is 0.653. The molecule has 0 aromatic carbocycles. The Morgan fingerprint density at radius 2 is 2.33 bits per heavy atom. The fourth-order valence-electron chi connectivity index (χ4n) is 2.91. The molecule has 0 spiro atoms. The molecule has 0 bridgehead atoms. The van der Waals surface area contributed by atoms with Gasteiger partial charge in [0.1, 0.15) is 0 Å². The molecule has 100 valence electrons. The molecule has 1 fully saturated rings. The van der Waals surface area contributed by atoms with Crippen molar-refractivity contribution in [3.8, 4) is 0 Å². The highest BCUT2D eigenvalue weighted by molar-refractivity contribution is 7.11. The molecule has 1 saturated heterocycles. The van der Waals surface area contributed by atoms with Gasteiger partial charge in [-0.3, -0.25) is 4.90 Å². The Kier molecular flexibility index (Phi) is 3.68. The van der Waals surface area contributed by atoms with Crippen molar-refractivity contribution in [2.75, 3.05) is 19.6 Å². The summed E-state index contributed by atoms with van der Waals surface area (Å²) in [7, 11) is 0. The lowest BCUT2D eigenvalue weighted by Crippen LogP contribution is -2.35. The van der Waals surface area contributed by atoms with Gasteiger partial charge in [-0.25, -0.2) is 4.98 Å². The first-order valence-corrected chi connectivity index (χ1v) is 7.99. The summed E-state index contributed by atoms with van der Waals surface area (Å²) in [5.74, 6) is 0.668. The Morgan fingerprint density at radius 1 is 1.44 bits per heavy atom. The molecular weight excluding hydrogens is 242 g/mol. The smallest absolute Gasteiger partial charge is 0.0975 e. The standard InChI is InChI=1S/C14H23N3S/c1-10(2)17-7-5-12-13(9-17)18-14(16-12)11-4-3-6-15-8-11/h10-11,15H,3-9H2,1-2H3. The average molecular weight is 265 g/mol. The van der Waals surface area contributed by atoms with Crippen molar-refractivity contribution in [1.29, 1.82) is 0 Å². The number of aromatic nitrogens is 1. The van der Waals surface area contributed by atoms with Crippen LogP contribution in [0.25, 0.3) is 0 Å².